The van der Waals surface area contributed by atoms with Gasteiger partial charge in [-0.1, -0.05) is 140 Å². The van der Waals surface area contributed by atoms with Gasteiger partial charge in [0, 0.05) is 18.8 Å². The topological polar surface area (TPSA) is 209 Å². The second kappa shape index (κ2) is 35.6. The number of aliphatic hydroxyl groups excluding tert-OH is 1. The first-order chi connectivity index (χ1) is 28.9. The number of carboxylic acid groups (broad SMARTS) is 1. The van der Waals surface area contributed by atoms with Crippen LogP contribution in [0, 0.1) is 11.8 Å². The highest BCUT2D eigenvalue weighted by Crippen LogP contribution is 2.43. The number of hydrogen-bond acceptors (Lipinski definition) is 11. The number of carbonyl (C=O) groups is 4. The van der Waals surface area contributed by atoms with Gasteiger partial charge in [0.15, 0.2) is 11.9 Å². The van der Waals surface area contributed by atoms with Gasteiger partial charge in [-0.2, -0.15) is 0 Å². The zero-order valence-corrected chi connectivity index (χ0v) is 37.5. The zero-order valence-electron chi connectivity index (χ0n) is 36.6. The lowest BCUT2D eigenvalue weighted by atomic mass is 9.90. The molecule has 60 heavy (non-hydrogen) atoms. The first-order valence-electron chi connectivity index (χ1n) is 22.7. The molecule has 0 heterocycles. The van der Waals surface area contributed by atoms with E-state index in [9.17, 15) is 33.7 Å². The maximum atomic E-state index is 12.7. The van der Waals surface area contributed by atoms with E-state index in [4.69, 9.17) is 24.8 Å². The summed E-state index contributed by atoms with van der Waals surface area (Å²) >= 11 is 0. The quantitative estimate of drug-likeness (QED) is 0.0197. The van der Waals surface area contributed by atoms with Crippen molar-refractivity contribution in [2.24, 2.45) is 17.6 Å². The smallest absolute Gasteiger partial charge is 0.472 e. The van der Waals surface area contributed by atoms with E-state index >= 15 is 0 Å². The van der Waals surface area contributed by atoms with Crippen LogP contribution >= 0.6 is 7.82 Å². The van der Waals surface area contributed by atoms with Crippen molar-refractivity contribution >= 4 is 31.5 Å². The van der Waals surface area contributed by atoms with E-state index in [1.54, 1.807) is 12.2 Å². The molecule has 0 bridgehead atoms. The number of aliphatic hydroxyl groups is 1. The minimum atomic E-state index is -4.77. The van der Waals surface area contributed by atoms with Crippen molar-refractivity contribution in [3.63, 3.8) is 0 Å². The van der Waals surface area contributed by atoms with Gasteiger partial charge in [0.1, 0.15) is 12.6 Å². The van der Waals surface area contributed by atoms with Gasteiger partial charge in [0.2, 0.25) is 0 Å². The molecule has 1 aliphatic rings. The monoisotopic (exact) mass is 868 g/mol. The fourth-order valence-corrected chi connectivity index (χ4v) is 7.36. The molecule has 6 atom stereocenters. The fraction of sp³-hybridized carbons (Fsp3) is 0.739. The highest BCUT2D eigenvalue weighted by molar-refractivity contribution is 7.47. The first-order valence-corrected chi connectivity index (χ1v) is 24.2. The van der Waals surface area contributed by atoms with E-state index in [0.29, 0.717) is 32.1 Å². The highest BCUT2D eigenvalue weighted by atomic mass is 31.2. The van der Waals surface area contributed by atoms with Gasteiger partial charge >= 0.3 is 25.7 Å². The molecule has 0 aromatic heterocycles. The number of unbranched alkanes of at least 4 members (excludes halogenated alkanes) is 16. The Hall–Kier alpha value is -2.93. The molecule has 0 spiro atoms. The van der Waals surface area contributed by atoms with Crippen LogP contribution in [0.3, 0.4) is 0 Å². The van der Waals surface area contributed by atoms with Crippen molar-refractivity contribution in [1.82, 2.24) is 0 Å². The Balaban J connectivity index is 2.44. The van der Waals surface area contributed by atoms with Crippen LogP contribution in [0.25, 0.3) is 0 Å². The number of esters is 2. The third-order valence-electron chi connectivity index (χ3n) is 10.3. The molecular formula is C46H78NO12P. The standard InChI is InChI=1S/C46H78NO12P/c1-3-5-7-8-9-10-11-12-13-14-15-16-17-18-19-20-26-30-45(51)59-40(36-57-60(54,55)58-37-42(47)46(52)53)35-56-44(50)29-25-22-21-24-27-38-31-34-43(49)41(38)33-32-39(48)28-23-6-4-2/h12-13,21,24,31-34,38-42,48H,3-11,14-20,22-23,25-30,35-37,47H2,1-2H3,(H,52,53)(H,54,55)/b13-12-,24-21-,33-32+/t38-,39-,40+,41+,42-/m0/s1. The molecule has 0 saturated heterocycles. The van der Waals surface area contributed by atoms with E-state index in [2.05, 4.69) is 30.5 Å². The molecule has 0 aliphatic heterocycles. The van der Waals surface area contributed by atoms with Gasteiger partial charge in [-0.15, -0.1) is 0 Å². The van der Waals surface area contributed by atoms with Crippen LogP contribution in [0.15, 0.2) is 48.6 Å². The Labute approximate surface area is 360 Å². The van der Waals surface area contributed by atoms with Gasteiger partial charge in [0.25, 0.3) is 0 Å². The van der Waals surface area contributed by atoms with Crippen LogP contribution in [0.4, 0.5) is 0 Å². The van der Waals surface area contributed by atoms with Gasteiger partial charge in [0.05, 0.1) is 19.3 Å². The summed E-state index contributed by atoms with van der Waals surface area (Å²) in [6.07, 6.45) is 36.6. The largest absolute Gasteiger partial charge is 0.480 e. The van der Waals surface area contributed by atoms with Crippen molar-refractivity contribution in [2.45, 2.75) is 186 Å². The lowest BCUT2D eigenvalue weighted by Gasteiger charge is -2.20. The van der Waals surface area contributed by atoms with E-state index in [1.807, 2.05) is 24.3 Å². The number of phosphoric ester groups is 1. The van der Waals surface area contributed by atoms with E-state index in [0.717, 1.165) is 51.4 Å². The number of rotatable bonds is 39. The predicted octanol–water partition coefficient (Wildman–Crippen LogP) is 9.79. The molecule has 0 aromatic rings. The number of aliphatic carboxylic acids is 1. The number of phosphoric acid groups is 1. The molecule has 1 aliphatic carbocycles. The van der Waals surface area contributed by atoms with Crippen LogP contribution in [-0.4, -0.2) is 76.9 Å². The average Bonchev–Trinajstić information content (AvgIpc) is 3.57. The van der Waals surface area contributed by atoms with Crippen LogP contribution in [0.2, 0.25) is 0 Å². The van der Waals surface area contributed by atoms with Crippen LogP contribution in [0.5, 0.6) is 0 Å². The third-order valence-corrected chi connectivity index (χ3v) is 11.2. The summed E-state index contributed by atoms with van der Waals surface area (Å²) in [6, 6.07) is -1.55. The molecule has 0 radical (unpaired) electrons. The minimum Gasteiger partial charge on any atom is -0.480 e. The van der Waals surface area contributed by atoms with Crippen molar-refractivity contribution in [3.8, 4) is 0 Å². The summed E-state index contributed by atoms with van der Waals surface area (Å²) in [4.78, 5) is 58.6. The summed E-state index contributed by atoms with van der Waals surface area (Å²) in [5.41, 5.74) is 5.33. The number of hydrogen-bond donors (Lipinski definition) is 4. The number of ketones is 1. The Kier molecular flexibility index (Phi) is 32.7. The lowest BCUT2D eigenvalue weighted by Crippen LogP contribution is -2.34. The maximum Gasteiger partial charge on any atom is 0.472 e. The first kappa shape index (κ1) is 55.1. The Morgan fingerprint density at radius 2 is 1.30 bits per heavy atom. The van der Waals surface area contributed by atoms with E-state index in [1.165, 1.54) is 57.8 Å². The van der Waals surface area contributed by atoms with E-state index < -0.39 is 63.8 Å². The molecule has 0 amide bonds. The Bertz CT molecular complexity index is 1350. The summed E-state index contributed by atoms with van der Waals surface area (Å²) < 4.78 is 32.7. The second-order valence-electron chi connectivity index (χ2n) is 15.8. The van der Waals surface area contributed by atoms with Gasteiger partial charge < -0.3 is 30.3 Å². The molecule has 0 aromatic carbocycles. The van der Waals surface area contributed by atoms with Gasteiger partial charge in [-0.3, -0.25) is 28.2 Å². The number of ether oxygens (including phenoxy) is 2. The van der Waals surface area contributed by atoms with Crippen LogP contribution in [-0.2, 0) is 42.3 Å². The molecule has 1 unspecified atom stereocenters. The number of nitrogens with two attached hydrogens (primary N) is 1. The van der Waals surface area contributed by atoms with Crippen molar-refractivity contribution in [3.05, 3.63) is 48.6 Å². The molecule has 344 valence electrons. The Morgan fingerprint density at radius 1 is 0.750 bits per heavy atom. The third kappa shape index (κ3) is 30.2. The number of allylic oxidation sites excluding steroid dienone is 7. The highest BCUT2D eigenvalue weighted by Gasteiger charge is 2.29. The van der Waals surface area contributed by atoms with Crippen molar-refractivity contribution in [2.75, 3.05) is 19.8 Å². The van der Waals surface area contributed by atoms with Crippen molar-refractivity contribution in [1.29, 1.82) is 0 Å². The van der Waals surface area contributed by atoms with Crippen LogP contribution in [0.1, 0.15) is 168 Å². The summed E-state index contributed by atoms with van der Waals surface area (Å²) in [5, 5.41) is 19.1. The summed E-state index contributed by atoms with van der Waals surface area (Å²) in [6.45, 7) is 2.49. The summed E-state index contributed by atoms with van der Waals surface area (Å²) in [7, 11) is -4.77. The second-order valence-corrected chi connectivity index (χ2v) is 17.3. The minimum absolute atomic E-state index is 0.000152. The predicted molar refractivity (Wildman–Crippen MR) is 235 cm³/mol. The summed E-state index contributed by atoms with van der Waals surface area (Å²) in [5.74, 6) is -2.84. The average molecular weight is 868 g/mol. The van der Waals surface area contributed by atoms with Crippen LogP contribution < -0.4 is 5.73 Å². The molecule has 0 fully saturated rings. The van der Waals surface area contributed by atoms with Gasteiger partial charge in [-0.05, 0) is 69.8 Å². The molecular weight excluding hydrogens is 789 g/mol. The normalized spacial score (nSPS) is 18.1. The fourth-order valence-electron chi connectivity index (χ4n) is 6.58. The van der Waals surface area contributed by atoms with Gasteiger partial charge in [-0.25, -0.2) is 4.57 Å². The molecule has 5 N–H and O–H groups in total. The SMILES string of the molecule is CCCCCCCC/C=C\CCCCCCCCCC(=O)O[C@H](COC(=O)CCC/C=C\C[C@H]1C=CC(=O)[C@@H]1/C=C/[C@@H](O)CCCCC)COP(=O)(O)OC[C@H](N)C(=O)O. The lowest BCUT2D eigenvalue weighted by molar-refractivity contribution is -0.161. The van der Waals surface area contributed by atoms with Crippen molar-refractivity contribution < 1.29 is 57.4 Å². The molecule has 0 saturated carbocycles. The number of carboxylic acids is 1. The molecule has 13 nitrogen and oxygen atoms in total. The maximum absolute atomic E-state index is 12.7. The Morgan fingerprint density at radius 3 is 1.95 bits per heavy atom. The zero-order chi connectivity index (χ0) is 44.3. The van der Waals surface area contributed by atoms with E-state index in [-0.39, 0.29) is 30.5 Å². The molecule has 1 rings (SSSR count). The molecule has 14 heteroatoms. The number of carbonyl (C=O) groups excluding carboxylic acids is 3.